The fourth-order valence-electron chi connectivity index (χ4n) is 5.06. The number of guanidine groups is 1. The van der Waals surface area contributed by atoms with Gasteiger partial charge in [0, 0.05) is 24.7 Å². The molecule has 0 radical (unpaired) electrons. The molecule has 0 spiro atoms. The minimum atomic E-state index is -1.45. The number of aliphatic imine (C=N–C) groups is 1. The van der Waals surface area contributed by atoms with Gasteiger partial charge in [-0.25, -0.2) is 14.4 Å². The summed E-state index contributed by atoms with van der Waals surface area (Å²) in [6, 6.07) is 18.0. The summed E-state index contributed by atoms with van der Waals surface area (Å²) in [4.78, 5) is 24.4. The number of hydrogen-bond acceptors (Lipinski definition) is 8. The maximum atomic E-state index is 15.3. The third-order valence-corrected chi connectivity index (χ3v) is 6.99. The lowest BCUT2D eigenvalue weighted by Gasteiger charge is -2.44. The first-order valence-electron chi connectivity index (χ1n) is 12.1. The molecule has 0 fully saturated rings. The number of nitrogens with two attached hydrogens (primary N) is 1. The minimum absolute atomic E-state index is 0.0224. The molecule has 6 rings (SSSR count). The van der Waals surface area contributed by atoms with Crippen LogP contribution in [0.15, 0.2) is 81.9 Å². The number of amides is 1. The average molecular weight is 514 g/mol. The molecule has 3 heterocycles. The van der Waals surface area contributed by atoms with Crippen molar-refractivity contribution >= 4 is 28.7 Å². The summed E-state index contributed by atoms with van der Waals surface area (Å²) < 4.78 is 21.1. The predicted octanol–water partition coefficient (Wildman–Crippen LogP) is 3.56. The number of carbonyl (C=O) groups excluding carboxylic acids is 1. The zero-order valence-corrected chi connectivity index (χ0v) is 20.4. The number of likely N-dealkylation sites (N-methyl/N-ethyl adjacent to an activating group) is 1. The highest BCUT2D eigenvalue weighted by Crippen LogP contribution is 2.39. The second kappa shape index (κ2) is 9.00. The van der Waals surface area contributed by atoms with Crippen LogP contribution in [0.4, 0.5) is 4.39 Å². The molecule has 9 nitrogen and oxygen atoms in total. The van der Waals surface area contributed by atoms with E-state index in [-0.39, 0.29) is 17.5 Å². The first-order chi connectivity index (χ1) is 18.3. The molecule has 1 amide bonds. The number of hydrogen-bond donors (Lipinski definition) is 3. The van der Waals surface area contributed by atoms with Crippen LogP contribution in [0.5, 0.6) is 0 Å². The molecule has 38 heavy (non-hydrogen) atoms. The molecule has 4 N–H and O–H groups in total. The third kappa shape index (κ3) is 3.77. The molecule has 192 valence electrons. The van der Waals surface area contributed by atoms with Crippen molar-refractivity contribution in [1.29, 1.82) is 0 Å². The fraction of sp³-hybridized carbons (Fsp3) is 0.179. The lowest BCUT2D eigenvalue weighted by atomic mass is 9.86. The van der Waals surface area contributed by atoms with Crippen molar-refractivity contribution in [2.45, 2.75) is 18.7 Å². The van der Waals surface area contributed by atoms with E-state index in [0.29, 0.717) is 40.8 Å². The number of rotatable bonds is 3. The van der Waals surface area contributed by atoms with Gasteiger partial charge in [-0.3, -0.25) is 4.79 Å². The Morgan fingerprint density at radius 3 is 2.63 bits per heavy atom. The highest BCUT2D eigenvalue weighted by Gasteiger charge is 2.39. The zero-order chi connectivity index (χ0) is 26.6. The van der Waals surface area contributed by atoms with Crippen LogP contribution in [0.2, 0.25) is 0 Å². The molecule has 2 aliphatic heterocycles. The number of primary amides is 1. The van der Waals surface area contributed by atoms with Crippen molar-refractivity contribution in [2.75, 3.05) is 13.6 Å². The second-order valence-corrected chi connectivity index (χ2v) is 9.26. The van der Waals surface area contributed by atoms with Crippen LogP contribution in [0, 0.1) is 5.82 Å². The monoisotopic (exact) mass is 513 g/mol. The van der Waals surface area contributed by atoms with Crippen molar-refractivity contribution in [3.8, 4) is 0 Å². The summed E-state index contributed by atoms with van der Waals surface area (Å²) in [5.74, 6) is -1.12. The Morgan fingerprint density at radius 2 is 1.87 bits per heavy atom. The van der Waals surface area contributed by atoms with Gasteiger partial charge in [-0.15, -0.1) is 0 Å². The highest BCUT2D eigenvalue weighted by atomic mass is 19.1. The van der Waals surface area contributed by atoms with Gasteiger partial charge in [-0.1, -0.05) is 36.4 Å². The Morgan fingerprint density at radius 1 is 1.11 bits per heavy atom. The van der Waals surface area contributed by atoms with E-state index in [1.54, 1.807) is 55.6 Å². The van der Waals surface area contributed by atoms with Crippen LogP contribution in [-0.2, 0) is 6.42 Å². The van der Waals surface area contributed by atoms with E-state index < -0.39 is 29.8 Å². The molecule has 1 unspecified atom stereocenters. The van der Waals surface area contributed by atoms with Crippen molar-refractivity contribution in [3.05, 3.63) is 106 Å². The summed E-state index contributed by atoms with van der Waals surface area (Å²) in [5, 5.41) is 21.8. The quantitative estimate of drug-likeness (QED) is 0.382. The number of carbonyl (C=O) groups is 1. The van der Waals surface area contributed by atoms with Crippen LogP contribution in [0.3, 0.4) is 0 Å². The lowest BCUT2D eigenvalue weighted by Crippen LogP contribution is -2.53. The van der Waals surface area contributed by atoms with E-state index >= 15 is 4.39 Å². The van der Waals surface area contributed by atoms with Gasteiger partial charge in [0.05, 0.1) is 6.04 Å². The second-order valence-electron chi connectivity index (χ2n) is 9.26. The number of oxazole rings is 1. The van der Waals surface area contributed by atoms with Crippen LogP contribution in [0.25, 0.3) is 16.8 Å². The normalized spacial score (nSPS) is 19.5. The van der Waals surface area contributed by atoms with Gasteiger partial charge in [0.15, 0.2) is 23.3 Å². The number of para-hydroxylation sites is 2. The van der Waals surface area contributed by atoms with Gasteiger partial charge < -0.3 is 30.2 Å². The molecule has 2 aliphatic rings. The molecule has 1 aromatic heterocycles. The third-order valence-electron chi connectivity index (χ3n) is 6.99. The number of aromatic nitrogens is 1. The minimum Gasteiger partial charge on any atom is -0.506 e. The highest BCUT2D eigenvalue weighted by molar-refractivity contribution is 5.93. The Balaban J connectivity index is 1.53. The van der Waals surface area contributed by atoms with Crippen molar-refractivity contribution in [2.24, 2.45) is 10.7 Å². The van der Waals surface area contributed by atoms with Gasteiger partial charge >= 0.3 is 0 Å². The summed E-state index contributed by atoms with van der Waals surface area (Å²) in [6.45, 7) is 0.416. The van der Waals surface area contributed by atoms with Crippen LogP contribution >= 0.6 is 0 Å². The number of halogens is 1. The van der Waals surface area contributed by atoms with Crippen LogP contribution in [0.1, 0.15) is 39.0 Å². The zero-order valence-electron chi connectivity index (χ0n) is 20.4. The van der Waals surface area contributed by atoms with E-state index in [0.717, 1.165) is 5.56 Å². The molecule has 0 bridgehead atoms. The van der Waals surface area contributed by atoms with Gasteiger partial charge in [0.2, 0.25) is 17.8 Å². The predicted molar refractivity (Wildman–Crippen MR) is 138 cm³/mol. The number of aliphatic hydroxyl groups is 2. The summed E-state index contributed by atoms with van der Waals surface area (Å²) in [5.41, 5.74) is 8.92. The maximum absolute atomic E-state index is 15.3. The van der Waals surface area contributed by atoms with E-state index in [1.807, 2.05) is 17.0 Å². The Kier molecular flexibility index (Phi) is 5.61. The van der Waals surface area contributed by atoms with Crippen LogP contribution in [-0.4, -0.2) is 56.7 Å². The summed E-state index contributed by atoms with van der Waals surface area (Å²) >= 11 is 0. The molecular weight excluding hydrogens is 489 g/mol. The molecule has 0 saturated carbocycles. The van der Waals surface area contributed by atoms with Gasteiger partial charge in [-0.2, -0.15) is 0 Å². The standard InChI is InChI=1S/C28H24FN5O4/c1-33-27(37)24(35)22(26-31-20-8-4-5-9-21(20)38-26)32-28(33)34-13-12-15-10-11-16(25(30)36)14-18(15)23(34)17-6-2-3-7-19(17)29/h2-11,14,23,27,35,37H,12-13H2,1H3,(H2,30,36)/t23-,27?/m1/s1. The molecule has 2 atom stereocenters. The summed E-state index contributed by atoms with van der Waals surface area (Å²) in [7, 11) is 1.58. The maximum Gasteiger partial charge on any atom is 0.250 e. The molecule has 10 heteroatoms. The molecule has 4 aromatic rings. The molecule has 0 aliphatic carbocycles. The molecular formula is C28H24FN5O4. The average Bonchev–Trinajstić information content (AvgIpc) is 3.35. The number of nitrogens with zero attached hydrogens (tertiary/aromatic N) is 4. The first kappa shape index (κ1) is 23.7. The molecule has 3 aromatic carbocycles. The van der Waals surface area contributed by atoms with E-state index in [4.69, 9.17) is 10.2 Å². The smallest absolute Gasteiger partial charge is 0.250 e. The SMILES string of the molecule is CN1C(N2CCc3ccc(C(N)=O)cc3[C@H]2c2ccccc2F)=NC(c2nc3ccccc3o2)=C(O)C1O. The fourth-order valence-corrected chi connectivity index (χ4v) is 5.06. The summed E-state index contributed by atoms with van der Waals surface area (Å²) in [6.07, 6.45) is -0.886. The Labute approximate surface area is 216 Å². The largest absolute Gasteiger partial charge is 0.506 e. The topological polar surface area (TPSA) is 128 Å². The van der Waals surface area contributed by atoms with Crippen molar-refractivity contribution in [3.63, 3.8) is 0 Å². The number of fused-ring (bicyclic) bond motifs is 2. The first-order valence-corrected chi connectivity index (χ1v) is 12.1. The van der Waals surface area contributed by atoms with E-state index in [2.05, 4.69) is 9.98 Å². The van der Waals surface area contributed by atoms with E-state index in [9.17, 15) is 15.0 Å². The Bertz CT molecular complexity index is 1610. The molecule has 0 saturated heterocycles. The number of aliphatic hydroxyl groups excluding tert-OH is 2. The van der Waals surface area contributed by atoms with Gasteiger partial charge in [0.25, 0.3) is 0 Å². The Hall–Kier alpha value is -4.70. The van der Waals surface area contributed by atoms with Crippen LogP contribution < -0.4 is 5.73 Å². The van der Waals surface area contributed by atoms with Crippen molar-refractivity contribution in [1.82, 2.24) is 14.8 Å². The van der Waals surface area contributed by atoms with Gasteiger partial charge in [-0.05, 0) is 47.9 Å². The lowest BCUT2D eigenvalue weighted by molar-refractivity contribution is 0.0491. The van der Waals surface area contributed by atoms with E-state index in [1.165, 1.54) is 11.0 Å². The number of benzene rings is 3. The van der Waals surface area contributed by atoms with Gasteiger partial charge in [0.1, 0.15) is 11.3 Å². The van der Waals surface area contributed by atoms with Crippen molar-refractivity contribution < 1.29 is 23.8 Å².